The van der Waals surface area contributed by atoms with Crippen LogP contribution in [0.4, 0.5) is 4.39 Å². The van der Waals surface area contributed by atoms with Crippen LogP contribution in [0.3, 0.4) is 0 Å². The van der Waals surface area contributed by atoms with Gasteiger partial charge in [-0.2, -0.15) is 0 Å². The molecule has 3 heteroatoms. The van der Waals surface area contributed by atoms with Crippen molar-refractivity contribution in [2.45, 2.75) is 13.0 Å². The molecule has 0 amide bonds. The molecule has 0 saturated heterocycles. The largest absolute Gasteiger partial charge is 0.323 e. The van der Waals surface area contributed by atoms with E-state index in [1.807, 2.05) is 0 Å². The van der Waals surface area contributed by atoms with E-state index in [9.17, 15) is 4.39 Å². The first kappa shape index (κ1) is 8.69. The summed E-state index contributed by atoms with van der Waals surface area (Å²) in [4.78, 5) is 3.81. The molecule has 1 heterocycles. The van der Waals surface area contributed by atoms with E-state index >= 15 is 0 Å². The van der Waals surface area contributed by atoms with Gasteiger partial charge in [-0.3, -0.25) is 4.98 Å². The second-order valence-corrected chi connectivity index (χ2v) is 2.52. The van der Waals surface area contributed by atoms with Gasteiger partial charge in [-0.05, 0) is 13.0 Å². The zero-order chi connectivity index (χ0) is 9.14. The quantitative estimate of drug-likeness (QED) is 0.634. The lowest BCUT2D eigenvalue weighted by Gasteiger charge is -2.04. The molecule has 0 fully saturated rings. The molecule has 1 aromatic heterocycles. The highest BCUT2D eigenvalue weighted by Gasteiger charge is 2.07. The molecule has 0 spiro atoms. The van der Waals surface area contributed by atoms with Crippen molar-refractivity contribution in [2.24, 2.45) is 5.73 Å². The number of terminal acetylenes is 1. The van der Waals surface area contributed by atoms with Crippen LogP contribution in [0, 0.1) is 18.2 Å². The Hall–Kier alpha value is -1.40. The van der Waals surface area contributed by atoms with Crippen LogP contribution in [0.5, 0.6) is 0 Å². The summed E-state index contributed by atoms with van der Waals surface area (Å²) in [5.41, 5.74) is 6.12. The molecule has 0 radical (unpaired) electrons. The molecule has 2 nitrogen and oxygen atoms in total. The summed E-state index contributed by atoms with van der Waals surface area (Å²) in [6.07, 6.45) is 6.49. The number of hydrogen-bond donors (Lipinski definition) is 1. The van der Waals surface area contributed by atoms with E-state index in [2.05, 4.69) is 10.9 Å². The van der Waals surface area contributed by atoms with Crippen LogP contribution in [0.2, 0.25) is 0 Å². The maximum atomic E-state index is 13.0. The fraction of sp³-hybridized carbons (Fsp3) is 0.222. The van der Waals surface area contributed by atoms with Crippen molar-refractivity contribution in [3.05, 3.63) is 29.3 Å². The van der Waals surface area contributed by atoms with E-state index in [1.54, 1.807) is 6.92 Å². The number of pyridine rings is 1. The van der Waals surface area contributed by atoms with E-state index in [1.165, 1.54) is 12.3 Å². The Morgan fingerprint density at radius 2 is 2.42 bits per heavy atom. The van der Waals surface area contributed by atoms with Crippen LogP contribution in [-0.4, -0.2) is 4.98 Å². The topological polar surface area (TPSA) is 38.9 Å². The van der Waals surface area contributed by atoms with Crippen LogP contribution >= 0.6 is 0 Å². The van der Waals surface area contributed by atoms with Gasteiger partial charge in [0.15, 0.2) is 0 Å². The Morgan fingerprint density at radius 1 is 1.75 bits per heavy atom. The van der Waals surface area contributed by atoms with Crippen LogP contribution in [0.15, 0.2) is 12.3 Å². The van der Waals surface area contributed by atoms with E-state index in [4.69, 9.17) is 12.2 Å². The molecule has 1 atom stereocenters. The number of nitrogens with zero attached hydrogens (tertiary/aromatic N) is 1. The van der Waals surface area contributed by atoms with Crippen molar-refractivity contribution < 1.29 is 4.39 Å². The number of hydrogen-bond acceptors (Lipinski definition) is 2. The molecule has 62 valence electrons. The van der Waals surface area contributed by atoms with E-state index in [0.29, 0.717) is 5.56 Å². The lowest BCUT2D eigenvalue weighted by atomic mass is 10.2. The highest BCUT2D eigenvalue weighted by molar-refractivity contribution is 5.31. The van der Waals surface area contributed by atoms with Gasteiger partial charge in [0.05, 0.1) is 5.69 Å². The normalized spacial score (nSPS) is 12.2. The van der Waals surface area contributed by atoms with Crippen molar-refractivity contribution in [1.82, 2.24) is 4.98 Å². The molecular weight excluding hydrogens is 155 g/mol. The van der Waals surface area contributed by atoms with Gasteiger partial charge >= 0.3 is 0 Å². The maximum absolute atomic E-state index is 13.0. The number of halogens is 1. The summed E-state index contributed by atoms with van der Waals surface area (Å²) in [6.45, 7) is 1.67. The minimum Gasteiger partial charge on any atom is -0.323 e. The SMILES string of the molecule is C#Cc1cnc([C@H](C)N)c(F)c1. The summed E-state index contributed by atoms with van der Waals surface area (Å²) < 4.78 is 13.0. The predicted molar refractivity (Wildman–Crippen MR) is 44.7 cm³/mol. The van der Waals surface area contributed by atoms with Crippen LogP contribution in [0.25, 0.3) is 0 Å². The predicted octanol–water partition coefficient (Wildman–Crippen LogP) is 1.22. The smallest absolute Gasteiger partial charge is 0.147 e. The van der Waals surface area contributed by atoms with Crippen molar-refractivity contribution in [1.29, 1.82) is 0 Å². The third kappa shape index (κ3) is 1.60. The number of aromatic nitrogens is 1. The third-order valence-corrected chi connectivity index (χ3v) is 1.47. The molecule has 2 N–H and O–H groups in total. The Bertz CT molecular complexity index is 326. The summed E-state index contributed by atoms with van der Waals surface area (Å²) >= 11 is 0. The molecule has 0 bridgehead atoms. The van der Waals surface area contributed by atoms with Crippen molar-refractivity contribution in [3.8, 4) is 12.3 Å². The lowest BCUT2D eigenvalue weighted by molar-refractivity contribution is 0.578. The summed E-state index contributed by atoms with van der Waals surface area (Å²) in [5.74, 6) is 1.85. The van der Waals surface area contributed by atoms with Crippen molar-refractivity contribution >= 4 is 0 Å². The van der Waals surface area contributed by atoms with Gasteiger partial charge in [0, 0.05) is 17.8 Å². The van der Waals surface area contributed by atoms with Crippen LogP contribution < -0.4 is 5.73 Å². The Labute approximate surface area is 70.6 Å². The van der Waals surface area contributed by atoms with Gasteiger partial charge in [-0.1, -0.05) is 5.92 Å². The first-order chi connectivity index (χ1) is 5.65. The maximum Gasteiger partial charge on any atom is 0.147 e. The second-order valence-electron chi connectivity index (χ2n) is 2.52. The van der Waals surface area contributed by atoms with Gasteiger partial charge < -0.3 is 5.73 Å². The second kappa shape index (κ2) is 3.33. The van der Waals surface area contributed by atoms with Crippen LogP contribution in [0.1, 0.15) is 24.2 Å². The monoisotopic (exact) mass is 164 g/mol. The fourth-order valence-corrected chi connectivity index (χ4v) is 0.862. The van der Waals surface area contributed by atoms with E-state index in [0.717, 1.165) is 0 Å². The first-order valence-electron chi connectivity index (χ1n) is 3.52. The van der Waals surface area contributed by atoms with Gasteiger partial charge in [-0.25, -0.2) is 4.39 Å². The molecule has 1 rings (SSSR count). The highest BCUT2D eigenvalue weighted by Crippen LogP contribution is 2.11. The standard InChI is InChI=1S/C9H9FN2/c1-3-7-4-8(10)9(6(2)11)12-5-7/h1,4-6H,11H2,2H3/t6-/m0/s1. The first-order valence-corrected chi connectivity index (χ1v) is 3.52. The third-order valence-electron chi connectivity index (χ3n) is 1.47. The van der Waals surface area contributed by atoms with E-state index in [-0.39, 0.29) is 5.69 Å². The lowest BCUT2D eigenvalue weighted by Crippen LogP contribution is -2.09. The minimum absolute atomic E-state index is 0.244. The molecule has 0 aromatic carbocycles. The molecule has 0 aliphatic heterocycles. The van der Waals surface area contributed by atoms with E-state index < -0.39 is 11.9 Å². The average Bonchev–Trinajstić information content (AvgIpc) is 2.03. The van der Waals surface area contributed by atoms with Gasteiger partial charge in [-0.15, -0.1) is 6.42 Å². The average molecular weight is 164 g/mol. The number of rotatable bonds is 1. The summed E-state index contributed by atoms with van der Waals surface area (Å²) in [7, 11) is 0. The molecular formula is C9H9FN2. The summed E-state index contributed by atoms with van der Waals surface area (Å²) in [5, 5.41) is 0. The van der Waals surface area contributed by atoms with Crippen LogP contribution in [-0.2, 0) is 0 Å². The molecule has 0 aliphatic rings. The molecule has 0 unspecified atom stereocenters. The zero-order valence-corrected chi connectivity index (χ0v) is 6.71. The summed E-state index contributed by atoms with van der Waals surface area (Å²) in [6, 6.07) is 0.850. The van der Waals surface area contributed by atoms with Crippen molar-refractivity contribution in [3.63, 3.8) is 0 Å². The Kier molecular flexibility index (Phi) is 2.41. The molecule has 0 saturated carbocycles. The van der Waals surface area contributed by atoms with Gasteiger partial charge in [0.1, 0.15) is 5.82 Å². The Balaban J connectivity index is 3.14. The molecule has 1 aromatic rings. The molecule has 12 heavy (non-hydrogen) atoms. The van der Waals surface area contributed by atoms with Crippen molar-refractivity contribution in [2.75, 3.05) is 0 Å². The Morgan fingerprint density at radius 3 is 2.83 bits per heavy atom. The molecule has 0 aliphatic carbocycles. The zero-order valence-electron chi connectivity index (χ0n) is 6.71. The highest BCUT2D eigenvalue weighted by atomic mass is 19.1. The minimum atomic E-state index is -0.444. The van der Waals surface area contributed by atoms with Gasteiger partial charge in [0.2, 0.25) is 0 Å². The number of nitrogens with two attached hydrogens (primary N) is 1. The fourth-order valence-electron chi connectivity index (χ4n) is 0.862. The van der Waals surface area contributed by atoms with Gasteiger partial charge in [0.25, 0.3) is 0 Å².